The zero-order chi connectivity index (χ0) is 87.1. The van der Waals surface area contributed by atoms with Gasteiger partial charge in [0.2, 0.25) is 88.6 Å². The van der Waals surface area contributed by atoms with Crippen molar-refractivity contribution in [2.24, 2.45) is 0 Å². The molecule has 0 bridgehead atoms. The fourth-order valence-corrected chi connectivity index (χ4v) is 13.6. The molecule has 2 aliphatic rings. The van der Waals surface area contributed by atoms with E-state index in [-0.39, 0.29) is 58.0 Å². The Balaban J connectivity index is 1.45. The smallest absolute Gasteiger partial charge is 0.328 e. The maximum atomic E-state index is 15.0. The number of sulfone groups is 2. The molecule has 0 unspecified atom stereocenters. The van der Waals surface area contributed by atoms with Crippen LogP contribution in [0.15, 0.2) is 60.7 Å². The van der Waals surface area contributed by atoms with Crippen molar-refractivity contribution in [1.29, 1.82) is 0 Å². The van der Waals surface area contributed by atoms with E-state index in [4.69, 9.17) is 21.8 Å². The average Bonchev–Trinajstić information content (AvgIpc) is 1.50. The van der Waals surface area contributed by atoms with E-state index in [1.165, 1.54) is 32.8 Å². The van der Waals surface area contributed by atoms with Gasteiger partial charge in [-0.05, 0) is 77.0 Å². The third kappa shape index (κ3) is 31.9. The Kier molecular flexibility index (Phi) is 39.0. The van der Waals surface area contributed by atoms with Crippen LogP contribution in [0, 0.1) is 0 Å². The van der Waals surface area contributed by atoms with E-state index in [1.54, 1.807) is 60.7 Å². The van der Waals surface area contributed by atoms with Crippen LogP contribution >= 0.6 is 11.6 Å². The van der Waals surface area contributed by atoms with Crippen LogP contribution in [0.1, 0.15) is 69.9 Å². The molecule has 2 fully saturated rings. The highest BCUT2D eigenvalue weighted by Crippen LogP contribution is 2.26. The summed E-state index contributed by atoms with van der Waals surface area (Å²) in [6.45, 7) is -5.49. The van der Waals surface area contributed by atoms with Crippen molar-refractivity contribution in [2.75, 3.05) is 111 Å². The number of carbonyl (C=O) groups is 17. The Bertz CT molecular complexity index is 4090. The second-order valence-corrected chi connectivity index (χ2v) is 33.6. The molecule has 0 spiro atoms. The number of aliphatic carboxylic acids is 2. The Morgan fingerprint density at radius 2 is 0.871 bits per heavy atom. The first-order valence-corrected chi connectivity index (χ1v) is 40.9. The summed E-state index contributed by atoms with van der Waals surface area (Å²) in [6, 6.07) is -2.24. The maximum Gasteiger partial charge on any atom is 0.328 e. The predicted octanol–water partition coefficient (Wildman–Crippen LogP) is -10.0. The molecule has 46 heteroatoms. The Hall–Kier alpha value is -10.6. The third-order valence-corrected chi connectivity index (χ3v) is 20.5. The van der Waals surface area contributed by atoms with Crippen molar-refractivity contribution in [3.63, 3.8) is 0 Å². The standard InChI is InChI=1S/C70H103ClN16O27S2/c1-70(2,71)57(83-63(103)51(29-40-18-12-9-13-19-40)85(5)68(108)50-21-15-25-87(50)65(105)42(23-27-116(7,113)114)81-62(102)43(72-3)28-39-16-10-8-11-17-39)64(104)80-41(22-26-115(6,111)112)61(101)82-44(30-56(96)97)66(106)86-24-14-20-49(86)67(107)84(4)34-55(95)78-47(37-90)60(100)74-32-53(93)76-45(35-88)58(98)73-31-52(92)77-46(36-89)59(99)75-33-54(94)79-48(38-91)69(109)110/h8-13,16-19,41-51,57,72,88-91H,14-15,20-38H2,1-7H3,(H,73,98)(H,74,100)(H,75,99)(H,76,93)(H,77,92)(H,78,95)(H,79,94)(H,80,104)(H,81,102)(H,82,101)(H,83,103)(H,96,97)(H,109,110)/t41-,42-,43-,44-,45-,46-,47-,48-,49-,50-,51-,57+/m0/s1. The number of halogens is 1. The number of nitrogens with one attached hydrogen (secondary N) is 12. The lowest BCUT2D eigenvalue weighted by Gasteiger charge is -2.36. The largest absolute Gasteiger partial charge is 0.481 e. The van der Waals surface area contributed by atoms with Gasteiger partial charge < -0.3 is 114 Å². The SMILES string of the molecule is CN[C@@H](Cc1ccccc1)C(=O)N[C@@H](CCS(C)(=O)=O)C(=O)N1CCC[C@H]1C(=O)N(C)[C@@H](Cc1ccccc1)C(=O)N[C@H](C(=O)N[C@@H](CCS(C)(=O)=O)C(=O)N[C@@H](CC(=O)O)C(=O)N1CCC[C@H]1C(=O)N(C)CC(=O)N[C@@H](CO)C(=O)NCC(=O)N[C@@H](CO)C(=O)NCC(=O)N[C@@H](CO)C(=O)NCC(=O)N[C@@H](CO)C(=O)O)C(C)(C)Cl. The van der Waals surface area contributed by atoms with Crippen molar-refractivity contribution in [2.45, 2.75) is 149 Å². The molecule has 0 saturated carbocycles. The molecule has 116 heavy (non-hydrogen) atoms. The van der Waals surface area contributed by atoms with E-state index in [0.29, 0.717) is 5.56 Å². The number of likely N-dealkylation sites (tertiary alicyclic amines) is 2. The first-order valence-electron chi connectivity index (χ1n) is 36.4. The number of benzene rings is 2. The number of nitrogens with zero attached hydrogens (tertiary/aromatic N) is 4. The maximum absolute atomic E-state index is 15.0. The third-order valence-electron chi connectivity index (χ3n) is 18.4. The van der Waals surface area contributed by atoms with Gasteiger partial charge in [-0.15, -0.1) is 11.6 Å². The lowest BCUT2D eigenvalue weighted by atomic mass is 9.98. The highest BCUT2D eigenvalue weighted by molar-refractivity contribution is 7.90. The number of rotatable bonds is 47. The molecular formula is C70H103ClN16O27S2. The molecule has 4 rings (SSSR count). The van der Waals surface area contributed by atoms with Crippen LogP contribution in [0.25, 0.3) is 0 Å². The molecule has 0 aromatic heterocycles. The molecule has 18 N–H and O–H groups in total. The lowest BCUT2D eigenvalue weighted by Crippen LogP contribution is -2.63. The molecule has 15 amide bonds. The molecule has 12 atom stereocenters. The normalized spacial score (nSPS) is 16.7. The molecule has 644 valence electrons. The van der Waals surface area contributed by atoms with Gasteiger partial charge in [-0.2, -0.15) is 0 Å². The number of aliphatic hydroxyl groups is 4. The number of hydrogen-bond acceptors (Lipinski definition) is 26. The summed E-state index contributed by atoms with van der Waals surface area (Å²) in [5.41, 5.74) is 1.28. The van der Waals surface area contributed by atoms with Crippen LogP contribution in [0.5, 0.6) is 0 Å². The molecule has 43 nitrogen and oxygen atoms in total. The van der Waals surface area contributed by atoms with Crippen molar-refractivity contribution in [1.82, 2.24) is 83.4 Å². The van der Waals surface area contributed by atoms with Crippen LogP contribution in [0.4, 0.5) is 0 Å². The summed E-state index contributed by atoms with van der Waals surface area (Å²) in [6.07, 6.45) is -0.227. The number of amides is 15. The lowest BCUT2D eigenvalue weighted by molar-refractivity contribution is -0.148. The van der Waals surface area contributed by atoms with Gasteiger partial charge in [-0.25, -0.2) is 21.6 Å². The molecule has 2 aromatic carbocycles. The average molecular weight is 1700 g/mol. The van der Waals surface area contributed by atoms with E-state index in [0.717, 1.165) is 39.8 Å². The second-order valence-electron chi connectivity index (χ2n) is 28.1. The molecule has 2 saturated heterocycles. The van der Waals surface area contributed by atoms with Gasteiger partial charge in [0.15, 0.2) is 0 Å². The molecule has 2 aliphatic heterocycles. The number of hydrogen-bond donors (Lipinski definition) is 18. The monoisotopic (exact) mass is 1700 g/mol. The fraction of sp³-hybridized carbons (Fsp3) is 0.586. The summed E-state index contributed by atoms with van der Waals surface area (Å²) >= 11 is 6.86. The first-order chi connectivity index (χ1) is 54.4. The van der Waals surface area contributed by atoms with Crippen molar-refractivity contribution in [3.05, 3.63) is 71.8 Å². The van der Waals surface area contributed by atoms with Crippen molar-refractivity contribution < 1.29 is 129 Å². The number of aliphatic hydroxyl groups excluding tert-OH is 4. The van der Waals surface area contributed by atoms with Crippen molar-refractivity contribution >= 4 is 132 Å². The van der Waals surface area contributed by atoms with Crippen LogP contribution < -0.4 is 63.8 Å². The van der Waals surface area contributed by atoms with Gasteiger partial charge in [-0.3, -0.25) is 76.7 Å². The highest BCUT2D eigenvalue weighted by atomic mass is 35.5. The minimum atomic E-state index is -3.99. The quantitative estimate of drug-likeness (QED) is 0.0274. The van der Waals surface area contributed by atoms with Crippen molar-refractivity contribution in [3.8, 4) is 0 Å². The Morgan fingerprint density at radius 1 is 0.483 bits per heavy atom. The Morgan fingerprint density at radius 3 is 1.28 bits per heavy atom. The van der Waals surface area contributed by atoms with Gasteiger partial charge in [0.05, 0.1) is 81.4 Å². The van der Waals surface area contributed by atoms with Gasteiger partial charge in [0.25, 0.3) is 0 Å². The fourth-order valence-electron chi connectivity index (χ4n) is 12.1. The predicted molar refractivity (Wildman–Crippen MR) is 408 cm³/mol. The van der Waals surface area contributed by atoms with Gasteiger partial charge in [0, 0.05) is 46.1 Å². The van der Waals surface area contributed by atoms with Gasteiger partial charge in [-0.1, -0.05) is 60.7 Å². The molecular weight excluding hydrogens is 1600 g/mol. The zero-order valence-corrected chi connectivity index (χ0v) is 67.2. The number of alkyl halides is 1. The van der Waals surface area contributed by atoms with Gasteiger partial charge >= 0.3 is 11.9 Å². The topological polar surface area (TPSA) is 637 Å². The summed E-state index contributed by atoms with van der Waals surface area (Å²) < 4.78 is 50.4. The van der Waals surface area contributed by atoms with Crippen LogP contribution in [0.3, 0.4) is 0 Å². The summed E-state index contributed by atoms with van der Waals surface area (Å²) in [7, 11) is -3.79. The van der Waals surface area contributed by atoms with E-state index in [1.807, 2.05) is 26.6 Å². The molecule has 0 aliphatic carbocycles. The number of carboxylic acid groups (broad SMARTS) is 2. The van der Waals surface area contributed by atoms with E-state index < -0.39 is 275 Å². The van der Waals surface area contributed by atoms with E-state index in [2.05, 4.69) is 37.2 Å². The highest BCUT2D eigenvalue weighted by Gasteiger charge is 2.46. The number of likely N-dealkylation sites (N-methyl/N-ethyl adjacent to an activating group) is 3. The number of carboxylic acids is 2. The second kappa shape index (κ2) is 46.2. The summed E-state index contributed by atoms with van der Waals surface area (Å²) in [4.78, 5) is 231. The Labute approximate surface area is 672 Å². The van der Waals surface area contributed by atoms with Crippen LogP contribution in [-0.2, 0) is 114 Å². The van der Waals surface area contributed by atoms with E-state index >= 15 is 0 Å². The van der Waals surface area contributed by atoms with E-state index in [9.17, 15) is 119 Å². The molecule has 2 heterocycles. The minimum Gasteiger partial charge on any atom is -0.481 e. The van der Waals surface area contributed by atoms with Gasteiger partial charge in [0.1, 0.15) is 86.1 Å². The van der Waals surface area contributed by atoms with Crippen LogP contribution in [-0.4, -0.2) is 356 Å². The summed E-state index contributed by atoms with van der Waals surface area (Å²) in [5.74, 6) is -20.4. The first kappa shape index (κ1) is 97.8. The minimum absolute atomic E-state index is 0.0152. The van der Waals surface area contributed by atoms with Crippen LogP contribution in [0.2, 0.25) is 0 Å². The molecule has 0 radical (unpaired) electrons. The zero-order valence-electron chi connectivity index (χ0n) is 64.8. The summed E-state index contributed by atoms with van der Waals surface area (Å²) in [5, 5.41) is 84.5. The number of carbonyl (C=O) groups excluding carboxylic acids is 15. The molecule has 2 aromatic rings.